The maximum atomic E-state index is 13.1. The van der Waals surface area contributed by atoms with Gasteiger partial charge in [-0.3, -0.25) is 19.7 Å². The number of unbranched alkanes of at least 4 members (excludes halogenated alkanes) is 1. The summed E-state index contributed by atoms with van der Waals surface area (Å²) in [5, 5.41) is 11.6. The zero-order valence-corrected chi connectivity index (χ0v) is 26.6. The molecule has 2 unspecified atom stereocenters. The number of anilines is 1. The first kappa shape index (κ1) is 31.3. The van der Waals surface area contributed by atoms with Crippen molar-refractivity contribution in [3.05, 3.63) is 83.7 Å². The zero-order chi connectivity index (χ0) is 31.1. The number of nitrogens with one attached hydrogen (secondary N) is 2. The lowest BCUT2D eigenvalue weighted by Crippen LogP contribution is -2.44. The first-order valence-corrected chi connectivity index (χ1v) is 15.9. The quantitative estimate of drug-likeness (QED) is 0.198. The monoisotopic (exact) mass is 595 g/mol. The Kier molecular flexibility index (Phi) is 10.4. The number of nitrogens with zero attached hydrogens (tertiary/aromatic N) is 5. The Morgan fingerprint density at radius 3 is 2.82 bits per heavy atom. The van der Waals surface area contributed by atoms with Crippen molar-refractivity contribution in [2.24, 2.45) is 0 Å². The molecule has 1 amide bonds. The molecule has 4 aromatic heterocycles. The Morgan fingerprint density at radius 1 is 1.20 bits per heavy atom. The normalized spacial score (nSPS) is 16.7. The van der Waals surface area contributed by atoms with Gasteiger partial charge in [-0.2, -0.15) is 5.10 Å². The molecule has 5 rings (SSSR count). The molecule has 232 valence electrons. The fourth-order valence-electron chi connectivity index (χ4n) is 5.67. The average Bonchev–Trinajstić information content (AvgIpc) is 3.48. The number of allylic oxidation sites excluding steroid dienone is 1. The Bertz CT molecular complexity index is 1600. The molecule has 9 heteroatoms. The van der Waals surface area contributed by atoms with Gasteiger partial charge in [-0.1, -0.05) is 39.3 Å². The Labute approximate surface area is 260 Å². The maximum absolute atomic E-state index is 13.1. The third kappa shape index (κ3) is 7.34. The molecular weight excluding hydrogens is 550 g/mol. The highest BCUT2D eigenvalue weighted by atomic mass is 16.5. The predicted octanol–water partition coefficient (Wildman–Crippen LogP) is 6.32. The lowest BCUT2D eigenvalue weighted by molar-refractivity contribution is -0.0175. The number of aromatic nitrogens is 4. The second kappa shape index (κ2) is 14.6. The van der Waals surface area contributed by atoms with Crippen LogP contribution in [-0.4, -0.2) is 69.3 Å². The van der Waals surface area contributed by atoms with Crippen LogP contribution in [0.5, 0.6) is 0 Å². The van der Waals surface area contributed by atoms with Gasteiger partial charge >= 0.3 is 0 Å². The van der Waals surface area contributed by atoms with Crippen molar-refractivity contribution in [3.63, 3.8) is 0 Å². The number of pyridine rings is 2. The van der Waals surface area contributed by atoms with Gasteiger partial charge in [0.1, 0.15) is 0 Å². The molecule has 2 N–H and O–H groups in total. The highest BCUT2D eigenvalue weighted by Crippen LogP contribution is 2.35. The van der Waals surface area contributed by atoms with Crippen molar-refractivity contribution in [2.45, 2.75) is 65.9 Å². The van der Waals surface area contributed by atoms with Crippen LogP contribution in [0.25, 0.3) is 22.3 Å². The predicted molar refractivity (Wildman–Crippen MR) is 177 cm³/mol. The van der Waals surface area contributed by atoms with Gasteiger partial charge < -0.3 is 15.4 Å². The van der Waals surface area contributed by atoms with Gasteiger partial charge in [0.25, 0.3) is 5.91 Å². The minimum absolute atomic E-state index is 0.125. The van der Waals surface area contributed by atoms with Crippen LogP contribution in [-0.2, 0) is 4.74 Å². The maximum Gasteiger partial charge on any atom is 0.252 e. The molecule has 0 spiro atoms. The van der Waals surface area contributed by atoms with E-state index in [1.54, 1.807) is 12.4 Å². The number of carbonyl (C=O) groups is 1. The lowest BCUT2D eigenvalue weighted by atomic mass is 9.92. The standard InChI is InChI=1S/C35H45N7O2/c1-6-8-11-31(30-21-39-42-23-29(27-10-9-12-36-19-27)18-33(42)34(30)24(3)7-2)40-32-17-28(20-38-26(32)5)35(43)37-13-14-41-15-16-44-25(4)22-41/h9-12,17-21,23-25,40H,6-8,13-16,22H2,1-5H3,(H,37,43). The van der Waals surface area contributed by atoms with Crippen molar-refractivity contribution in [1.29, 1.82) is 0 Å². The number of rotatable bonds is 12. The van der Waals surface area contributed by atoms with Crippen LogP contribution in [0.3, 0.4) is 0 Å². The topological polar surface area (TPSA) is 96.7 Å². The van der Waals surface area contributed by atoms with E-state index in [4.69, 9.17) is 9.84 Å². The fourth-order valence-corrected chi connectivity index (χ4v) is 5.67. The van der Waals surface area contributed by atoms with Gasteiger partial charge in [0.15, 0.2) is 0 Å². The smallest absolute Gasteiger partial charge is 0.252 e. The first-order chi connectivity index (χ1) is 21.4. The van der Waals surface area contributed by atoms with Crippen LogP contribution in [0.15, 0.2) is 61.3 Å². The van der Waals surface area contributed by atoms with Crippen molar-refractivity contribution in [2.75, 3.05) is 38.1 Å². The fraction of sp³-hybridized carbons (Fsp3) is 0.429. The van der Waals surface area contributed by atoms with Crippen LogP contribution in [0.4, 0.5) is 5.69 Å². The largest absolute Gasteiger partial charge is 0.376 e. The number of hydrogen-bond donors (Lipinski definition) is 2. The molecule has 0 bridgehead atoms. The summed E-state index contributed by atoms with van der Waals surface area (Å²) in [5.41, 5.74) is 8.67. The summed E-state index contributed by atoms with van der Waals surface area (Å²) in [6, 6.07) is 8.14. The van der Waals surface area contributed by atoms with E-state index < -0.39 is 0 Å². The number of hydrogen-bond acceptors (Lipinski definition) is 7. The molecule has 0 saturated carbocycles. The number of amides is 1. The van der Waals surface area contributed by atoms with E-state index in [0.717, 1.165) is 84.8 Å². The summed E-state index contributed by atoms with van der Waals surface area (Å²) in [7, 11) is 0. The summed E-state index contributed by atoms with van der Waals surface area (Å²) in [6.45, 7) is 14.6. The summed E-state index contributed by atoms with van der Waals surface area (Å²) >= 11 is 0. The summed E-state index contributed by atoms with van der Waals surface area (Å²) in [4.78, 5) is 24.4. The van der Waals surface area contributed by atoms with Crippen molar-refractivity contribution in [3.8, 4) is 11.1 Å². The van der Waals surface area contributed by atoms with Crippen LogP contribution >= 0.6 is 0 Å². The van der Waals surface area contributed by atoms with Gasteiger partial charge in [-0.15, -0.1) is 0 Å². The Balaban J connectivity index is 1.42. The molecule has 2 atom stereocenters. The third-order valence-electron chi connectivity index (χ3n) is 8.36. The van der Waals surface area contributed by atoms with Crippen LogP contribution < -0.4 is 10.6 Å². The average molecular weight is 596 g/mol. The van der Waals surface area contributed by atoms with Gasteiger partial charge in [0.2, 0.25) is 0 Å². The molecule has 9 nitrogen and oxygen atoms in total. The second-order valence-corrected chi connectivity index (χ2v) is 11.7. The molecule has 1 aliphatic rings. The van der Waals surface area contributed by atoms with Gasteiger partial charge in [0.05, 0.1) is 41.4 Å². The number of aryl methyl sites for hydroxylation is 1. The first-order valence-electron chi connectivity index (χ1n) is 15.9. The van der Waals surface area contributed by atoms with E-state index in [9.17, 15) is 4.79 Å². The lowest BCUT2D eigenvalue weighted by Gasteiger charge is -2.30. The molecule has 1 fully saturated rings. The second-order valence-electron chi connectivity index (χ2n) is 11.7. The minimum Gasteiger partial charge on any atom is -0.376 e. The van der Waals surface area contributed by atoms with Crippen molar-refractivity contribution < 1.29 is 9.53 Å². The minimum atomic E-state index is -0.125. The van der Waals surface area contributed by atoms with E-state index >= 15 is 0 Å². The van der Waals surface area contributed by atoms with Gasteiger partial charge in [-0.05, 0) is 56.4 Å². The molecule has 5 heterocycles. The van der Waals surface area contributed by atoms with Crippen molar-refractivity contribution >= 4 is 22.8 Å². The molecule has 0 radical (unpaired) electrons. The van der Waals surface area contributed by atoms with E-state index in [1.807, 2.05) is 36.0 Å². The zero-order valence-electron chi connectivity index (χ0n) is 26.6. The van der Waals surface area contributed by atoms with Crippen LogP contribution in [0, 0.1) is 6.92 Å². The summed E-state index contributed by atoms with van der Waals surface area (Å²) in [5.74, 6) is 0.171. The number of morpholine rings is 1. The third-order valence-corrected chi connectivity index (χ3v) is 8.36. The van der Waals surface area contributed by atoms with Crippen LogP contribution in [0.2, 0.25) is 0 Å². The molecule has 1 saturated heterocycles. The van der Waals surface area contributed by atoms with Crippen molar-refractivity contribution in [1.82, 2.24) is 29.8 Å². The van der Waals surface area contributed by atoms with E-state index in [1.165, 1.54) is 5.56 Å². The number of fused-ring (bicyclic) bond motifs is 1. The Morgan fingerprint density at radius 2 is 2.07 bits per heavy atom. The molecule has 4 aromatic rings. The molecule has 0 aromatic carbocycles. The van der Waals surface area contributed by atoms with E-state index in [0.29, 0.717) is 18.0 Å². The molecular formula is C35H45N7O2. The Hall–Kier alpha value is -4.08. The SMILES string of the molecule is CCCC=C(Nc1cc(C(=O)NCCN2CCOC(C)C2)cnc1C)c1cnn2cc(-c3cccnc3)cc2c1C(C)CC. The number of carbonyl (C=O) groups excluding carboxylic acids is 1. The number of ether oxygens (including phenoxy) is 1. The molecule has 1 aliphatic heterocycles. The van der Waals surface area contributed by atoms with E-state index in [-0.39, 0.29) is 12.0 Å². The van der Waals surface area contributed by atoms with Crippen LogP contribution in [0.1, 0.15) is 80.1 Å². The summed E-state index contributed by atoms with van der Waals surface area (Å²) < 4.78 is 7.60. The summed E-state index contributed by atoms with van der Waals surface area (Å²) in [6.07, 6.45) is 14.7. The molecule has 44 heavy (non-hydrogen) atoms. The van der Waals surface area contributed by atoms with Gasteiger partial charge in [-0.25, -0.2) is 4.52 Å². The van der Waals surface area contributed by atoms with E-state index in [2.05, 4.69) is 77.6 Å². The highest BCUT2D eigenvalue weighted by molar-refractivity contribution is 5.95. The van der Waals surface area contributed by atoms with Gasteiger partial charge in [0, 0.05) is 73.4 Å². The molecule has 0 aliphatic carbocycles. The highest BCUT2D eigenvalue weighted by Gasteiger charge is 2.21.